The predicted molar refractivity (Wildman–Crippen MR) is 78.5 cm³/mol. The number of benzene rings is 1. The number of aromatic nitrogens is 1. The number of amides is 1. The zero-order valence-electron chi connectivity index (χ0n) is 10.7. The Bertz CT molecular complexity index is 591. The van der Waals surface area contributed by atoms with Crippen molar-refractivity contribution in [3.05, 3.63) is 44.9 Å². The molecule has 100 valence electrons. The minimum absolute atomic E-state index is 0.186. The number of nitrogens with two attached hydrogens (primary N) is 1. The van der Waals surface area contributed by atoms with Gasteiger partial charge in [0.1, 0.15) is 0 Å². The summed E-state index contributed by atoms with van der Waals surface area (Å²) in [6, 6.07) is 5.06. The lowest BCUT2D eigenvalue weighted by Crippen LogP contribution is -2.26. The number of aryl methyl sites for hydroxylation is 1. The number of carbonyl (C=O) groups is 1. The van der Waals surface area contributed by atoms with Crippen LogP contribution < -0.4 is 5.73 Å². The first kappa shape index (κ1) is 13.8. The molecule has 0 radical (unpaired) electrons. The van der Waals surface area contributed by atoms with Crippen LogP contribution in [0.2, 0.25) is 5.02 Å². The summed E-state index contributed by atoms with van der Waals surface area (Å²) in [5.74, 6) is -0.186. The number of nitrogen functional groups attached to an aromatic ring is 1. The zero-order valence-corrected chi connectivity index (χ0v) is 12.3. The van der Waals surface area contributed by atoms with Crippen molar-refractivity contribution >= 4 is 34.5 Å². The van der Waals surface area contributed by atoms with Crippen LogP contribution in [0.3, 0.4) is 0 Å². The summed E-state index contributed by atoms with van der Waals surface area (Å²) in [6.07, 6.45) is 1.78. The highest BCUT2D eigenvalue weighted by Gasteiger charge is 2.18. The first-order valence-electron chi connectivity index (χ1n) is 5.70. The number of rotatable bonds is 3. The molecule has 0 aliphatic rings. The molecule has 6 heteroatoms. The second-order valence-corrected chi connectivity index (χ2v) is 5.94. The number of hydrogen-bond acceptors (Lipinski definition) is 4. The van der Waals surface area contributed by atoms with Gasteiger partial charge in [-0.25, -0.2) is 4.98 Å². The van der Waals surface area contributed by atoms with E-state index >= 15 is 0 Å². The van der Waals surface area contributed by atoms with Crippen molar-refractivity contribution < 1.29 is 4.79 Å². The van der Waals surface area contributed by atoms with E-state index in [4.69, 9.17) is 17.3 Å². The molecule has 2 N–H and O–H groups in total. The molecule has 1 amide bonds. The van der Waals surface area contributed by atoms with E-state index in [2.05, 4.69) is 4.98 Å². The topological polar surface area (TPSA) is 59.2 Å². The predicted octanol–water partition coefficient (Wildman–Crippen LogP) is 2.96. The van der Waals surface area contributed by atoms with Crippen LogP contribution in [0.15, 0.2) is 24.4 Å². The van der Waals surface area contributed by atoms with Gasteiger partial charge in [-0.05, 0) is 19.1 Å². The van der Waals surface area contributed by atoms with Crippen molar-refractivity contribution in [2.45, 2.75) is 13.5 Å². The first-order valence-corrected chi connectivity index (χ1v) is 6.89. The van der Waals surface area contributed by atoms with Crippen LogP contribution in [0.5, 0.6) is 0 Å². The molecule has 0 fully saturated rings. The van der Waals surface area contributed by atoms with Crippen molar-refractivity contribution in [2.75, 3.05) is 12.8 Å². The normalized spacial score (nSPS) is 10.5. The molecular formula is C13H14ClN3OS. The van der Waals surface area contributed by atoms with Gasteiger partial charge in [-0.15, -0.1) is 11.3 Å². The fraction of sp³-hybridized carbons (Fsp3) is 0.231. The Morgan fingerprint density at radius 2 is 2.26 bits per heavy atom. The van der Waals surface area contributed by atoms with Gasteiger partial charge < -0.3 is 10.6 Å². The SMILES string of the molecule is Cc1ncc(CN(C)C(=O)c2c(N)cccc2Cl)s1. The average molecular weight is 296 g/mol. The van der Waals surface area contributed by atoms with Gasteiger partial charge in [0.15, 0.2) is 0 Å². The Hall–Kier alpha value is -1.59. The molecule has 0 saturated heterocycles. The number of carbonyl (C=O) groups excluding carboxylic acids is 1. The van der Waals surface area contributed by atoms with Gasteiger partial charge in [0.25, 0.3) is 5.91 Å². The summed E-state index contributed by atoms with van der Waals surface area (Å²) in [6.45, 7) is 2.43. The van der Waals surface area contributed by atoms with Gasteiger partial charge in [0.05, 0.1) is 22.1 Å². The van der Waals surface area contributed by atoms with Gasteiger partial charge >= 0.3 is 0 Å². The average Bonchev–Trinajstić information content (AvgIpc) is 2.74. The lowest BCUT2D eigenvalue weighted by molar-refractivity contribution is 0.0787. The molecule has 0 aliphatic carbocycles. The molecule has 4 nitrogen and oxygen atoms in total. The summed E-state index contributed by atoms with van der Waals surface area (Å²) in [5.41, 5.74) is 6.56. The van der Waals surface area contributed by atoms with Gasteiger partial charge in [-0.3, -0.25) is 4.79 Å². The molecule has 19 heavy (non-hydrogen) atoms. The molecule has 2 rings (SSSR count). The second kappa shape index (κ2) is 5.59. The van der Waals surface area contributed by atoms with Crippen LogP contribution >= 0.6 is 22.9 Å². The highest BCUT2D eigenvalue weighted by molar-refractivity contribution is 7.11. The molecule has 0 unspecified atom stereocenters. The van der Waals surface area contributed by atoms with E-state index in [1.54, 1.807) is 47.7 Å². The Labute approximate surface area is 120 Å². The Balaban J connectivity index is 2.19. The Morgan fingerprint density at radius 3 is 2.84 bits per heavy atom. The van der Waals surface area contributed by atoms with E-state index < -0.39 is 0 Å². The first-order chi connectivity index (χ1) is 8.99. The number of thiazole rings is 1. The van der Waals surface area contributed by atoms with Crippen molar-refractivity contribution in [3.63, 3.8) is 0 Å². The number of halogens is 1. The van der Waals surface area contributed by atoms with Crippen LogP contribution in [-0.4, -0.2) is 22.8 Å². The van der Waals surface area contributed by atoms with E-state index in [-0.39, 0.29) is 5.91 Å². The maximum Gasteiger partial charge on any atom is 0.257 e. The number of hydrogen-bond donors (Lipinski definition) is 1. The lowest BCUT2D eigenvalue weighted by atomic mass is 10.1. The molecule has 2 aromatic rings. The molecular weight excluding hydrogens is 282 g/mol. The fourth-order valence-corrected chi connectivity index (χ4v) is 2.85. The van der Waals surface area contributed by atoms with E-state index in [0.29, 0.717) is 22.8 Å². The summed E-state index contributed by atoms with van der Waals surface area (Å²) in [5, 5.41) is 1.35. The van der Waals surface area contributed by atoms with Crippen LogP contribution in [0.1, 0.15) is 20.2 Å². The molecule has 0 atom stereocenters. The smallest absolute Gasteiger partial charge is 0.257 e. The minimum atomic E-state index is -0.186. The van der Waals surface area contributed by atoms with Crippen molar-refractivity contribution in [1.82, 2.24) is 9.88 Å². The van der Waals surface area contributed by atoms with Crippen molar-refractivity contribution in [2.24, 2.45) is 0 Å². The highest BCUT2D eigenvalue weighted by Crippen LogP contribution is 2.24. The van der Waals surface area contributed by atoms with E-state index in [9.17, 15) is 4.79 Å². The van der Waals surface area contributed by atoms with Crippen LogP contribution in [-0.2, 0) is 6.54 Å². The van der Waals surface area contributed by atoms with Crippen molar-refractivity contribution in [3.8, 4) is 0 Å². The van der Waals surface area contributed by atoms with Gasteiger partial charge in [0, 0.05) is 23.8 Å². The molecule has 1 aromatic heterocycles. The molecule has 0 saturated carbocycles. The Morgan fingerprint density at radius 1 is 1.53 bits per heavy atom. The fourth-order valence-electron chi connectivity index (χ4n) is 1.74. The third-order valence-electron chi connectivity index (χ3n) is 2.67. The standard InChI is InChI=1S/C13H14ClN3OS/c1-8-16-6-9(19-8)7-17(2)13(18)12-10(14)4-3-5-11(12)15/h3-6H,7,15H2,1-2H3. The van der Waals surface area contributed by atoms with E-state index in [1.807, 2.05) is 6.92 Å². The monoisotopic (exact) mass is 295 g/mol. The van der Waals surface area contributed by atoms with E-state index in [1.165, 1.54) is 0 Å². The third kappa shape index (κ3) is 3.05. The van der Waals surface area contributed by atoms with Gasteiger partial charge in [-0.2, -0.15) is 0 Å². The number of anilines is 1. The summed E-state index contributed by atoms with van der Waals surface area (Å²) < 4.78 is 0. The Kier molecular flexibility index (Phi) is 4.07. The molecule has 0 spiro atoms. The van der Waals surface area contributed by atoms with Crippen LogP contribution in [0.25, 0.3) is 0 Å². The number of nitrogens with zero attached hydrogens (tertiary/aromatic N) is 2. The largest absolute Gasteiger partial charge is 0.398 e. The molecule has 1 heterocycles. The zero-order chi connectivity index (χ0) is 14.0. The van der Waals surface area contributed by atoms with Crippen LogP contribution in [0.4, 0.5) is 5.69 Å². The molecule has 0 aliphatic heterocycles. The maximum absolute atomic E-state index is 12.3. The summed E-state index contributed by atoms with van der Waals surface area (Å²) in [7, 11) is 1.72. The summed E-state index contributed by atoms with van der Waals surface area (Å²) >= 11 is 7.61. The quantitative estimate of drug-likeness (QED) is 0.886. The third-order valence-corrected chi connectivity index (χ3v) is 3.88. The van der Waals surface area contributed by atoms with Crippen molar-refractivity contribution in [1.29, 1.82) is 0 Å². The van der Waals surface area contributed by atoms with Gasteiger partial charge in [0.2, 0.25) is 0 Å². The second-order valence-electron chi connectivity index (χ2n) is 4.21. The summed E-state index contributed by atoms with van der Waals surface area (Å²) in [4.78, 5) is 19.1. The lowest BCUT2D eigenvalue weighted by Gasteiger charge is -2.18. The molecule has 1 aromatic carbocycles. The highest BCUT2D eigenvalue weighted by atomic mass is 35.5. The van der Waals surface area contributed by atoms with Gasteiger partial charge in [-0.1, -0.05) is 17.7 Å². The minimum Gasteiger partial charge on any atom is -0.398 e. The molecule has 0 bridgehead atoms. The van der Waals surface area contributed by atoms with Crippen LogP contribution in [0, 0.1) is 6.92 Å². The maximum atomic E-state index is 12.3. The van der Waals surface area contributed by atoms with E-state index in [0.717, 1.165) is 9.88 Å².